The third-order valence-electron chi connectivity index (χ3n) is 4.68. The lowest BCUT2D eigenvalue weighted by Crippen LogP contribution is -2.15. The van der Waals surface area contributed by atoms with Gasteiger partial charge in [-0.2, -0.15) is 0 Å². The van der Waals surface area contributed by atoms with Gasteiger partial charge in [0.15, 0.2) is 5.82 Å². The lowest BCUT2D eigenvalue weighted by molar-refractivity contribution is 0.0595. The Morgan fingerprint density at radius 2 is 2.03 bits per heavy atom. The van der Waals surface area contributed by atoms with Crippen LogP contribution in [0, 0.1) is 17.5 Å². The van der Waals surface area contributed by atoms with Crippen molar-refractivity contribution in [3.63, 3.8) is 0 Å². The Morgan fingerprint density at radius 1 is 1.28 bits per heavy atom. The summed E-state index contributed by atoms with van der Waals surface area (Å²) in [7, 11) is 1.08. The highest BCUT2D eigenvalue weighted by Gasteiger charge is 2.27. The number of aromatic nitrogens is 1. The molecule has 1 N–H and O–H groups in total. The largest absolute Gasteiger partial charge is 0.465 e. The summed E-state index contributed by atoms with van der Waals surface area (Å²) in [5, 5.41) is 9.50. The third-order valence-corrected chi connectivity index (χ3v) is 4.97. The molecule has 1 aliphatic carbocycles. The topological polar surface area (TPSA) is 59.4 Å². The van der Waals surface area contributed by atoms with Crippen molar-refractivity contribution in [1.82, 2.24) is 4.98 Å². The highest BCUT2D eigenvalue weighted by atomic mass is 35.5. The molecule has 29 heavy (non-hydrogen) atoms. The molecule has 3 rings (SSSR count). The molecule has 0 aliphatic heterocycles. The van der Waals surface area contributed by atoms with Gasteiger partial charge < -0.3 is 9.84 Å². The van der Waals surface area contributed by atoms with Crippen LogP contribution in [0.1, 0.15) is 34.8 Å². The van der Waals surface area contributed by atoms with E-state index in [0.29, 0.717) is 12.5 Å². The van der Waals surface area contributed by atoms with Crippen molar-refractivity contribution in [1.29, 1.82) is 0 Å². The van der Waals surface area contributed by atoms with E-state index in [4.69, 9.17) is 11.6 Å². The van der Waals surface area contributed by atoms with E-state index in [1.807, 2.05) is 18.2 Å². The number of aliphatic hydroxyl groups is 1. The second kappa shape index (κ2) is 8.80. The molecular weight excluding hydrogens is 407 g/mol. The molecule has 0 amide bonds. The molecule has 0 bridgehead atoms. The second-order valence-corrected chi connectivity index (χ2v) is 6.85. The van der Waals surface area contributed by atoms with E-state index < -0.39 is 51.2 Å². The van der Waals surface area contributed by atoms with Crippen molar-refractivity contribution < 1.29 is 27.8 Å². The molecule has 1 aromatic carbocycles. The molecule has 0 radical (unpaired) electrons. The first kappa shape index (κ1) is 21.1. The number of esters is 1. The maximum atomic E-state index is 15.0. The van der Waals surface area contributed by atoms with E-state index in [0.717, 1.165) is 25.2 Å². The van der Waals surface area contributed by atoms with Gasteiger partial charge in [0.05, 0.1) is 30.0 Å². The number of rotatable bonds is 5. The molecule has 1 heterocycles. The Morgan fingerprint density at radius 3 is 2.66 bits per heavy atom. The molecule has 1 unspecified atom stereocenters. The predicted molar refractivity (Wildman–Crippen MR) is 102 cm³/mol. The van der Waals surface area contributed by atoms with Crippen LogP contribution in [0.4, 0.5) is 13.2 Å². The summed E-state index contributed by atoms with van der Waals surface area (Å²) in [6.45, 7) is -0.356. The Bertz CT molecular complexity index is 1020. The maximum Gasteiger partial charge on any atom is 0.340 e. The van der Waals surface area contributed by atoms with Crippen molar-refractivity contribution >= 4 is 17.6 Å². The van der Waals surface area contributed by atoms with E-state index >= 15 is 4.39 Å². The number of carbonyl (C=O) groups is 1. The van der Waals surface area contributed by atoms with Gasteiger partial charge in [-0.1, -0.05) is 35.4 Å². The fourth-order valence-electron chi connectivity index (χ4n) is 3.18. The molecule has 0 spiro atoms. The number of hydrogen-bond donors (Lipinski definition) is 1. The molecule has 1 atom stereocenters. The molecule has 0 saturated carbocycles. The van der Waals surface area contributed by atoms with Crippen LogP contribution in [0.2, 0.25) is 5.02 Å². The summed E-state index contributed by atoms with van der Waals surface area (Å²) in [6, 6.07) is 2.59. The fourth-order valence-corrected chi connectivity index (χ4v) is 3.34. The number of methoxy groups -OCH3 is 1. The average Bonchev–Trinajstić information content (AvgIpc) is 2.72. The SMILES string of the molecule is COC(=O)c1cc(C(CO)C2=CC=CCC2)nc(-c2cc(Cl)c(F)cc2F)c1F. The number of aliphatic hydroxyl groups excluding tert-OH is 1. The summed E-state index contributed by atoms with van der Waals surface area (Å²) < 4.78 is 47.6. The van der Waals surface area contributed by atoms with Gasteiger partial charge in [0.1, 0.15) is 17.3 Å². The minimum Gasteiger partial charge on any atom is -0.465 e. The number of ether oxygens (including phenoxy) is 1. The Hall–Kier alpha value is -2.64. The third kappa shape index (κ3) is 4.21. The van der Waals surface area contributed by atoms with E-state index in [1.54, 1.807) is 0 Å². The van der Waals surface area contributed by atoms with Gasteiger partial charge in [0.25, 0.3) is 0 Å². The number of hydrogen-bond acceptors (Lipinski definition) is 4. The fraction of sp³-hybridized carbons (Fsp3) is 0.238. The number of benzene rings is 1. The zero-order chi connectivity index (χ0) is 21.1. The van der Waals surface area contributed by atoms with Crippen LogP contribution in [0.15, 0.2) is 42.0 Å². The Balaban J connectivity index is 2.25. The van der Waals surface area contributed by atoms with Crippen LogP contribution in [0.5, 0.6) is 0 Å². The van der Waals surface area contributed by atoms with Gasteiger partial charge in [-0.3, -0.25) is 0 Å². The molecule has 1 aliphatic rings. The monoisotopic (exact) mass is 423 g/mol. The molecular formula is C21H17ClF3NO3. The zero-order valence-electron chi connectivity index (χ0n) is 15.4. The van der Waals surface area contributed by atoms with Crippen LogP contribution >= 0.6 is 11.6 Å². The van der Waals surface area contributed by atoms with Gasteiger partial charge in [-0.15, -0.1) is 0 Å². The smallest absolute Gasteiger partial charge is 0.340 e. The van der Waals surface area contributed by atoms with Crippen molar-refractivity contribution in [3.8, 4) is 11.3 Å². The number of halogens is 4. The van der Waals surface area contributed by atoms with Crippen LogP contribution < -0.4 is 0 Å². The Labute approximate surface area is 170 Å². The summed E-state index contributed by atoms with van der Waals surface area (Å²) in [6.07, 6.45) is 6.98. The first-order chi connectivity index (χ1) is 13.9. The highest BCUT2D eigenvalue weighted by Crippen LogP contribution is 2.34. The van der Waals surface area contributed by atoms with Gasteiger partial charge in [0, 0.05) is 17.5 Å². The molecule has 8 heteroatoms. The molecule has 0 fully saturated rings. The minimum absolute atomic E-state index is 0.158. The number of nitrogens with zero attached hydrogens (tertiary/aromatic N) is 1. The zero-order valence-corrected chi connectivity index (χ0v) is 16.1. The second-order valence-electron chi connectivity index (χ2n) is 6.44. The standard InChI is InChI=1S/C21H17ClF3NO3/c1-29-21(28)13-8-18(14(10-27)11-5-3-2-4-6-11)26-20(19(13)25)12-7-15(22)17(24)9-16(12)23/h2-3,5,7-9,14,27H,4,6,10H2,1H3. The minimum atomic E-state index is -1.13. The maximum absolute atomic E-state index is 15.0. The number of allylic oxidation sites excluding steroid dienone is 3. The number of carbonyl (C=O) groups excluding carboxylic acids is 1. The van der Waals surface area contributed by atoms with E-state index in [2.05, 4.69) is 9.72 Å². The summed E-state index contributed by atoms with van der Waals surface area (Å²) in [4.78, 5) is 16.3. The molecule has 152 valence electrons. The van der Waals surface area contributed by atoms with E-state index in [9.17, 15) is 18.7 Å². The first-order valence-corrected chi connectivity index (χ1v) is 9.15. The quantitative estimate of drug-likeness (QED) is 0.545. The van der Waals surface area contributed by atoms with Gasteiger partial charge >= 0.3 is 5.97 Å². The van der Waals surface area contributed by atoms with Crippen molar-refractivity contribution in [3.05, 3.63) is 75.7 Å². The van der Waals surface area contributed by atoms with Crippen molar-refractivity contribution in [2.75, 3.05) is 13.7 Å². The molecule has 1 aromatic heterocycles. The van der Waals surface area contributed by atoms with Crippen molar-refractivity contribution in [2.45, 2.75) is 18.8 Å². The van der Waals surface area contributed by atoms with Crippen molar-refractivity contribution in [2.24, 2.45) is 0 Å². The van der Waals surface area contributed by atoms with Crippen LogP contribution in [-0.2, 0) is 4.74 Å². The lowest BCUT2D eigenvalue weighted by Gasteiger charge is -2.21. The average molecular weight is 424 g/mol. The summed E-state index contributed by atoms with van der Waals surface area (Å²) >= 11 is 5.73. The summed E-state index contributed by atoms with van der Waals surface area (Å²) in [5.41, 5.74) is -0.417. The number of pyridine rings is 1. The van der Waals surface area contributed by atoms with Crippen LogP contribution in [0.3, 0.4) is 0 Å². The molecule has 2 aromatic rings. The predicted octanol–water partition coefficient (Wildman–Crippen LogP) is 4.96. The summed E-state index contributed by atoms with van der Waals surface area (Å²) in [5.74, 6) is -4.86. The molecule has 4 nitrogen and oxygen atoms in total. The van der Waals surface area contributed by atoms with Gasteiger partial charge in [0.2, 0.25) is 0 Å². The highest BCUT2D eigenvalue weighted by molar-refractivity contribution is 6.31. The Kier molecular flexibility index (Phi) is 6.39. The van der Waals surface area contributed by atoms with Gasteiger partial charge in [-0.25, -0.2) is 22.9 Å². The van der Waals surface area contributed by atoms with E-state index in [1.165, 1.54) is 6.07 Å². The lowest BCUT2D eigenvalue weighted by atomic mass is 9.88. The van der Waals surface area contributed by atoms with E-state index in [-0.39, 0.29) is 12.3 Å². The van der Waals surface area contributed by atoms with Crippen LogP contribution in [0.25, 0.3) is 11.3 Å². The van der Waals surface area contributed by atoms with Crippen LogP contribution in [-0.4, -0.2) is 29.8 Å². The van der Waals surface area contributed by atoms with Gasteiger partial charge in [-0.05, 0) is 25.0 Å². The normalized spacial score (nSPS) is 14.5. The first-order valence-electron chi connectivity index (χ1n) is 8.77. The molecule has 0 saturated heterocycles.